The highest BCUT2D eigenvalue weighted by molar-refractivity contribution is 5.53. The number of halogens is 3. The predicted molar refractivity (Wildman–Crippen MR) is 67.3 cm³/mol. The number of rotatable bonds is 4. The number of hydrogen-bond donors (Lipinski definition) is 1. The van der Waals surface area contributed by atoms with Crippen molar-refractivity contribution in [3.63, 3.8) is 0 Å². The van der Waals surface area contributed by atoms with E-state index in [1.165, 1.54) is 6.07 Å². The van der Waals surface area contributed by atoms with Gasteiger partial charge in [-0.2, -0.15) is 18.4 Å². The van der Waals surface area contributed by atoms with Crippen LogP contribution in [0.1, 0.15) is 30.9 Å². The third kappa shape index (κ3) is 3.93. The molecule has 0 aliphatic heterocycles. The molecule has 0 amide bonds. The van der Waals surface area contributed by atoms with Crippen molar-refractivity contribution in [3.8, 4) is 18.4 Å². The second kappa shape index (κ2) is 6.15. The van der Waals surface area contributed by atoms with Gasteiger partial charge in [0, 0.05) is 18.2 Å². The summed E-state index contributed by atoms with van der Waals surface area (Å²) in [5, 5.41) is 11.6. The second-order valence-corrected chi connectivity index (χ2v) is 4.03. The molecule has 5 heteroatoms. The SMILES string of the molecule is C#CCC(CC)Nc1ccc(C#N)c(C(F)(F)F)c1. The van der Waals surface area contributed by atoms with Crippen LogP contribution in [0.2, 0.25) is 0 Å². The average molecular weight is 266 g/mol. The second-order valence-electron chi connectivity index (χ2n) is 4.03. The van der Waals surface area contributed by atoms with Crippen LogP contribution in [0, 0.1) is 23.7 Å². The third-order valence-corrected chi connectivity index (χ3v) is 2.67. The first-order valence-corrected chi connectivity index (χ1v) is 5.73. The maximum Gasteiger partial charge on any atom is 0.417 e. The highest BCUT2D eigenvalue weighted by Crippen LogP contribution is 2.33. The van der Waals surface area contributed by atoms with Crippen LogP contribution in [0.5, 0.6) is 0 Å². The number of hydrogen-bond acceptors (Lipinski definition) is 2. The zero-order valence-corrected chi connectivity index (χ0v) is 10.4. The van der Waals surface area contributed by atoms with E-state index in [1.807, 2.05) is 6.92 Å². The standard InChI is InChI=1S/C14H13F3N2/c1-3-5-11(4-2)19-12-7-6-10(9-18)13(8-12)14(15,16)17/h1,6-8,11,19H,4-5H2,2H3. The van der Waals surface area contributed by atoms with Gasteiger partial charge in [-0.3, -0.25) is 0 Å². The molecule has 19 heavy (non-hydrogen) atoms. The van der Waals surface area contributed by atoms with Crippen LogP contribution < -0.4 is 5.32 Å². The van der Waals surface area contributed by atoms with E-state index in [2.05, 4.69) is 11.2 Å². The first-order chi connectivity index (χ1) is 8.92. The maximum atomic E-state index is 12.8. The Bertz CT molecular complexity index is 521. The number of nitrogens with one attached hydrogen (secondary N) is 1. The van der Waals surface area contributed by atoms with E-state index in [0.29, 0.717) is 18.5 Å². The van der Waals surface area contributed by atoms with Crippen molar-refractivity contribution in [1.29, 1.82) is 5.26 Å². The van der Waals surface area contributed by atoms with E-state index in [-0.39, 0.29) is 11.6 Å². The summed E-state index contributed by atoms with van der Waals surface area (Å²) in [5.41, 5.74) is -1.01. The summed E-state index contributed by atoms with van der Waals surface area (Å²) >= 11 is 0. The molecule has 1 rings (SSSR count). The Balaban J connectivity index is 3.06. The molecule has 0 aliphatic rings. The van der Waals surface area contributed by atoms with Crippen molar-refractivity contribution >= 4 is 5.69 Å². The fraction of sp³-hybridized carbons (Fsp3) is 0.357. The van der Waals surface area contributed by atoms with Crippen LogP contribution in [-0.2, 0) is 6.18 Å². The smallest absolute Gasteiger partial charge is 0.381 e. The van der Waals surface area contributed by atoms with E-state index >= 15 is 0 Å². The van der Waals surface area contributed by atoms with Crippen molar-refractivity contribution in [3.05, 3.63) is 29.3 Å². The lowest BCUT2D eigenvalue weighted by Crippen LogP contribution is -2.18. The minimum absolute atomic E-state index is 0.0842. The van der Waals surface area contributed by atoms with Crippen LogP contribution in [-0.4, -0.2) is 6.04 Å². The molecule has 1 aromatic carbocycles. The van der Waals surface area contributed by atoms with Crippen LogP contribution >= 0.6 is 0 Å². The summed E-state index contributed by atoms with van der Waals surface area (Å²) in [5.74, 6) is 2.47. The maximum absolute atomic E-state index is 12.8. The summed E-state index contributed by atoms with van der Waals surface area (Å²) in [4.78, 5) is 0. The fourth-order valence-electron chi connectivity index (χ4n) is 1.64. The average Bonchev–Trinajstić information content (AvgIpc) is 2.37. The summed E-state index contributed by atoms with van der Waals surface area (Å²) in [6, 6.07) is 5.01. The topological polar surface area (TPSA) is 35.8 Å². The van der Waals surface area contributed by atoms with Gasteiger partial charge in [-0.25, -0.2) is 0 Å². The third-order valence-electron chi connectivity index (χ3n) is 2.67. The van der Waals surface area contributed by atoms with E-state index in [1.54, 1.807) is 6.07 Å². The van der Waals surface area contributed by atoms with Gasteiger partial charge in [0.15, 0.2) is 0 Å². The minimum Gasteiger partial charge on any atom is -0.381 e. The lowest BCUT2D eigenvalue weighted by Gasteiger charge is -2.17. The molecular formula is C14H13F3N2. The Hall–Kier alpha value is -2.14. The van der Waals surface area contributed by atoms with Gasteiger partial charge in [-0.1, -0.05) is 6.92 Å². The number of alkyl halides is 3. The summed E-state index contributed by atoms with van der Waals surface area (Å²) < 4.78 is 38.3. The largest absolute Gasteiger partial charge is 0.417 e. The van der Waals surface area contributed by atoms with Gasteiger partial charge < -0.3 is 5.32 Å². The van der Waals surface area contributed by atoms with Gasteiger partial charge in [0.1, 0.15) is 0 Å². The molecule has 0 aromatic heterocycles. The van der Waals surface area contributed by atoms with Crippen molar-refractivity contribution in [2.45, 2.75) is 32.0 Å². The summed E-state index contributed by atoms with van der Waals surface area (Å²) in [7, 11) is 0. The fourth-order valence-corrected chi connectivity index (χ4v) is 1.64. The summed E-state index contributed by atoms with van der Waals surface area (Å²) in [6.07, 6.45) is 1.77. The van der Waals surface area contributed by atoms with Crippen molar-refractivity contribution in [2.75, 3.05) is 5.32 Å². The highest BCUT2D eigenvalue weighted by atomic mass is 19.4. The van der Waals surface area contributed by atoms with Gasteiger partial charge >= 0.3 is 6.18 Å². The number of nitrogens with zero attached hydrogens (tertiary/aromatic N) is 1. The number of terminal acetylenes is 1. The minimum atomic E-state index is -4.55. The Labute approximate surface area is 110 Å². The molecule has 0 bridgehead atoms. The van der Waals surface area contributed by atoms with Crippen molar-refractivity contribution in [2.24, 2.45) is 0 Å². The van der Waals surface area contributed by atoms with E-state index in [0.717, 1.165) is 12.1 Å². The molecule has 2 nitrogen and oxygen atoms in total. The molecule has 100 valence electrons. The first kappa shape index (κ1) is 14.9. The van der Waals surface area contributed by atoms with E-state index in [9.17, 15) is 13.2 Å². The number of anilines is 1. The molecular weight excluding hydrogens is 253 g/mol. The number of nitriles is 1. The van der Waals surface area contributed by atoms with Crippen LogP contribution in [0.25, 0.3) is 0 Å². The zero-order chi connectivity index (χ0) is 14.5. The lowest BCUT2D eigenvalue weighted by molar-refractivity contribution is -0.137. The van der Waals surface area contributed by atoms with Gasteiger partial charge in [0.2, 0.25) is 0 Å². The Morgan fingerprint density at radius 1 is 1.42 bits per heavy atom. The van der Waals surface area contributed by atoms with Gasteiger partial charge in [0.05, 0.1) is 17.2 Å². The molecule has 0 saturated heterocycles. The Morgan fingerprint density at radius 2 is 2.11 bits per heavy atom. The highest BCUT2D eigenvalue weighted by Gasteiger charge is 2.33. The predicted octanol–water partition coefficient (Wildman–Crippen LogP) is 3.79. The van der Waals surface area contributed by atoms with Gasteiger partial charge in [0.25, 0.3) is 0 Å². The van der Waals surface area contributed by atoms with E-state index < -0.39 is 11.7 Å². The van der Waals surface area contributed by atoms with Crippen LogP contribution in [0.15, 0.2) is 18.2 Å². The number of benzene rings is 1. The molecule has 0 spiro atoms. The molecule has 1 atom stereocenters. The Kier molecular flexibility index (Phi) is 4.83. The normalized spacial score (nSPS) is 12.3. The molecule has 0 fully saturated rings. The molecule has 0 heterocycles. The zero-order valence-electron chi connectivity index (χ0n) is 10.4. The Morgan fingerprint density at radius 3 is 2.58 bits per heavy atom. The monoisotopic (exact) mass is 266 g/mol. The molecule has 1 unspecified atom stereocenters. The summed E-state index contributed by atoms with van der Waals surface area (Å²) in [6.45, 7) is 1.89. The molecule has 0 saturated carbocycles. The quantitative estimate of drug-likeness (QED) is 0.841. The van der Waals surface area contributed by atoms with Crippen molar-refractivity contribution < 1.29 is 13.2 Å². The lowest BCUT2D eigenvalue weighted by atomic mass is 10.1. The van der Waals surface area contributed by atoms with E-state index in [4.69, 9.17) is 11.7 Å². The molecule has 1 N–H and O–H groups in total. The first-order valence-electron chi connectivity index (χ1n) is 5.73. The van der Waals surface area contributed by atoms with Crippen LogP contribution in [0.3, 0.4) is 0 Å². The van der Waals surface area contributed by atoms with Gasteiger partial charge in [-0.05, 0) is 24.6 Å². The van der Waals surface area contributed by atoms with Crippen molar-refractivity contribution in [1.82, 2.24) is 0 Å². The van der Waals surface area contributed by atoms with Crippen LogP contribution in [0.4, 0.5) is 18.9 Å². The molecule has 1 aromatic rings. The molecule has 0 aliphatic carbocycles. The molecule has 0 radical (unpaired) electrons. The van der Waals surface area contributed by atoms with Gasteiger partial charge in [-0.15, -0.1) is 12.3 Å².